The average molecular weight is 288 g/mol. The summed E-state index contributed by atoms with van der Waals surface area (Å²) in [7, 11) is -3.62. The molecule has 106 valence electrons. The van der Waals surface area contributed by atoms with Gasteiger partial charge in [0.2, 0.25) is 10.0 Å². The minimum absolute atomic E-state index is 0.0822. The minimum Gasteiger partial charge on any atom is -0.371 e. The van der Waals surface area contributed by atoms with E-state index in [1.807, 2.05) is 0 Å². The topological polar surface area (TPSA) is 72.6 Å². The molecule has 2 atom stereocenters. The van der Waals surface area contributed by atoms with Crippen LogP contribution in [0.3, 0.4) is 0 Å². The molecule has 2 rings (SSSR count). The summed E-state index contributed by atoms with van der Waals surface area (Å²) in [4.78, 5) is 0.0822. The number of morpholine rings is 1. The van der Waals surface area contributed by atoms with Crippen LogP contribution in [0.5, 0.6) is 0 Å². The van der Waals surface area contributed by atoms with Crippen LogP contribution in [0.15, 0.2) is 29.2 Å². The summed E-state index contributed by atoms with van der Waals surface area (Å²) in [5.74, 6) is -0.464. The van der Waals surface area contributed by atoms with E-state index in [9.17, 15) is 12.8 Å². The van der Waals surface area contributed by atoms with E-state index in [1.54, 1.807) is 6.92 Å². The number of benzene rings is 1. The van der Waals surface area contributed by atoms with Gasteiger partial charge in [0, 0.05) is 19.6 Å². The van der Waals surface area contributed by atoms with Crippen LogP contribution in [-0.2, 0) is 14.8 Å². The van der Waals surface area contributed by atoms with Gasteiger partial charge in [0.1, 0.15) is 5.82 Å². The highest BCUT2D eigenvalue weighted by Crippen LogP contribution is 2.21. The molecule has 1 heterocycles. The molecule has 2 N–H and O–H groups in total. The van der Waals surface area contributed by atoms with Crippen molar-refractivity contribution in [3.63, 3.8) is 0 Å². The number of hydrogen-bond acceptors (Lipinski definition) is 4. The number of hydrogen-bond donors (Lipinski definition) is 1. The lowest BCUT2D eigenvalue weighted by Gasteiger charge is -2.35. The zero-order valence-electron chi connectivity index (χ0n) is 10.6. The molecule has 1 aromatic carbocycles. The summed E-state index contributed by atoms with van der Waals surface area (Å²) in [6.45, 7) is 2.56. The SMILES string of the molecule is CC1CN(S(=O)(=O)c2ccc(F)cc2)CC(CN)O1. The summed E-state index contributed by atoms with van der Waals surface area (Å²) >= 11 is 0. The van der Waals surface area contributed by atoms with Crippen LogP contribution < -0.4 is 5.73 Å². The normalized spacial score (nSPS) is 25.4. The van der Waals surface area contributed by atoms with Gasteiger partial charge < -0.3 is 10.5 Å². The summed E-state index contributed by atoms with van der Waals surface area (Å²) in [5, 5.41) is 0. The summed E-state index contributed by atoms with van der Waals surface area (Å²) in [6, 6.07) is 4.80. The highest BCUT2D eigenvalue weighted by atomic mass is 32.2. The molecule has 5 nitrogen and oxygen atoms in total. The van der Waals surface area contributed by atoms with Crippen molar-refractivity contribution in [2.75, 3.05) is 19.6 Å². The zero-order chi connectivity index (χ0) is 14.0. The Bertz CT molecular complexity index is 532. The molecule has 0 aliphatic carbocycles. The number of nitrogens with two attached hydrogens (primary N) is 1. The van der Waals surface area contributed by atoms with Crippen LogP contribution in [0.2, 0.25) is 0 Å². The second-order valence-electron chi connectivity index (χ2n) is 4.58. The van der Waals surface area contributed by atoms with Gasteiger partial charge >= 0.3 is 0 Å². The largest absolute Gasteiger partial charge is 0.371 e. The molecular weight excluding hydrogens is 271 g/mol. The molecule has 2 unspecified atom stereocenters. The van der Waals surface area contributed by atoms with Crippen LogP contribution in [-0.4, -0.2) is 44.6 Å². The van der Waals surface area contributed by atoms with Gasteiger partial charge in [0.25, 0.3) is 0 Å². The van der Waals surface area contributed by atoms with E-state index in [0.29, 0.717) is 0 Å². The van der Waals surface area contributed by atoms with E-state index in [2.05, 4.69) is 0 Å². The van der Waals surface area contributed by atoms with Crippen LogP contribution >= 0.6 is 0 Å². The Balaban J connectivity index is 2.26. The van der Waals surface area contributed by atoms with Gasteiger partial charge in [-0.1, -0.05) is 0 Å². The molecule has 0 spiro atoms. The number of rotatable bonds is 3. The maximum Gasteiger partial charge on any atom is 0.243 e. The van der Waals surface area contributed by atoms with E-state index in [1.165, 1.54) is 16.4 Å². The van der Waals surface area contributed by atoms with Crippen molar-refractivity contribution < 1.29 is 17.5 Å². The molecule has 0 bridgehead atoms. The third-order valence-corrected chi connectivity index (χ3v) is 4.85. The molecule has 1 aromatic rings. The van der Waals surface area contributed by atoms with E-state index in [-0.39, 0.29) is 36.7 Å². The smallest absolute Gasteiger partial charge is 0.243 e. The first-order valence-corrected chi connectivity index (χ1v) is 7.48. The van der Waals surface area contributed by atoms with Gasteiger partial charge in [-0.2, -0.15) is 4.31 Å². The van der Waals surface area contributed by atoms with Crippen LogP contribution in [0.4, 0.5) is 4.39 Å². The van der Waals surface area contributed by atoms with Crippen molar-refractivity contribution in [2.45, 2.75) is 24.0 Å². The maximum atomic E-state index is 12.9. The highest BCUT2D eigenvalue weighted by Gasteiger charge is 2.33. The van der Waals surface area contributed by atoms with Crippen molar-refractivity contribution in [3.05, 3.63) is 30.1 Å². The van der Waals surface area contributed by atoms with Gasteiger partial charge in [-0.05, 0) is 31.2 Å². The molecule has 19 heavy (non-hydrogen) atoms. The Morgan fingerprint density at radius 3 is 2.58 bits per heavy atom. The Hall–Kier alpha value is -1.02. The van der Waals surface area contributed by atoms with Crippen LogP contribution in [0.25, 0.3) is 0 Å². The lowest BCUT2D eigenvalue weighted by molar-refractivity contribution is -0.0486. The Morgan fingerprint density at radius 2 is 2.00 bits per heavy atom. The average Bonchev–Trinajstić information content (AvgIpc) is 2.38. The van der Waals surface area contributed by atoms with Crippen molar-refractivity contribution in [1.29, 1.82) is 0 Å². The fourth-order valence-electron chi connectivity index (χ4n) is 2.09. The lowest BCUT2D eigenvalue weighted by Crippen LogP contribution is -2.51. The summed E-state index contributed by atoms with van der Waals surface area (Å²) < 4.78 is 44.5. The number of sulfonamides is 1. The lowest BCUT2D eigenvalue weighted by atomic mass is 10.2. The van der Waals surface area contributed by atoms with Crippen molar-refractivity contribution in [3.8, 4) is 0 Å². The monoisotopic (exact) mass is 288 g/mol. The first-order chi connectivity index (χ1) is 8.93. The van der Waals surface area contributed by atoms with Gasteiger partial charge in [-0.25, -0.2) is 12.8 Å². The van der Waals surface area contributed by atoms with E-state index >= 15 is 0 Å². The Labute approximate surface area is 112 Å². The predicted molar refractivity (Wildman–Crippen MR) is 68.5 cm³/mol. The molecule has 0 saturated carbocycles. The van der Waals surface area contributed by atoms with Gasteiger partial charge in [-0.15, -0.1) is 0 Å². The first kappa shape index (κ1) is 14.4. The minimum atomic E-state index is -3.62. The van der Waals surface area contributed by atoms with Crippen LogP contribution in [0, 0.1) is 5.82 Å². The number of nitrogens with zero attached hydrogens (tertiary/aromatic N) is 1. The fourth-order valence-corrected chi connectivity index (χ4v) is 3.63. The Morgan fingerprint density at radius 1 is 1.37 bits per heavy atom. The third kappa shape index (κ3) is 3.11. The molecule has 7 heteroatoms. The third-order valence-electron chi connectivity index (χ3n) is 3.01. The fraction of sp³-hybridized carbons (Fsp3) is 0.500. The quantitative estimate of drug-likeness (QED) is 0.882. The highest BCUT2D eigenvalue weighted by molar-refractivity contribution is 7.89. The second kappa shape index (κ2) is 5.54. The van der Waals surface area contributed by atoms with Gasteiger partial charge in [0.15, 0.2) is 0 Å². The molecule has 0 amide bonds. The standard InChI is InChI=1S/C12H17FN2O3S/c1-9-7-15(8-11(6-14)18-9)19(16,17)12-4-2-10(13)3-5-12/h2-5,9,11H,6-8,14H2,1H3. The van der Waals surface area contributed by atoms with Gasteiger partial charge in [-0.3, -0.25) is 0 Å². The molecule has 0 radical (unpaired) electrons. The first-order valence-electron chi connectivity index (χ1n) is 6.04. The summed E-state index contributed by atoms with van der Waals surface area (Å²) in [5.41, 5.74) is 5.53. The van der Waals surface area contributed by atoms with Gasteiger partial charge in [0.05, 0.1) is 17.1 Å². The van der Waals surface area contributed by atoms with E-state index in [0.717, 1.165) is 12.1 Å². The van der Waals surface area contributed by atoms with Crippen LogP contribution in [0.1, 0.15) is 6.92 Å². The van der Waals surface area contributed by atoms with Crippen molar-refractivity contribution in [1.82, 2.24) is 4.31 Å². The number of halogens is 1. The molecule has 1 fully saturated rings. The molecule has 1 saturated heterocycles. The van der Waals surface area contributed by atoms with E-state index in [4.69, 9.17) is 10.5 Å². The molecule has 0 aromatic heterocycles. The van der Waals surface area contributed by atoms with E-state index < -0.39 is 15.8 Å². The molecule has 1 aliphatic heterocycles. The Kier molecular flexibility index (Phi) is 4.19. The number of ether oxygens (including phenoxy) is 1. The molecular formula is C12H17FN2O3S. The maximum absolute atomic E-state index is 12.9. The second-order valence-corrected chi connectivity index (χ2v) is 6.52. The zero-order valence-corrected chi connectivity index (χ0v) is 11.4. The van der Waals surface area contributed by atoms with Crippen molar-refractivity contribution in [2.24, 2.45) is 5.73 Å². The van der Waals surface area contributed by atoms with Crippen molar-refractivity contribution >= 4 is 10.0 Å². The molecule has 1 aliphatic rings. The predicted octanol–water partition coefficient (Wildman–Crippen LogP) is 0.562. The summed E-state index contributed by atoms with van der Waals surface area (Å²) in [6.07, 6.45) is -0.517.